The van der Waals surface area contributed by atoms with Crippen molar-refractivity contribution >= 4 is 51.6 Å². The smallest absolute Gasteiger partial charge is 0.242 e. The van der Waals surface area contributed by atoms with Crippen molar-refractivity contribution in [2.45, 2.75) is 14.8 Å². The fourth-order valence-corrected chi connectivity index (χ4v) is 5.30. The topological polar surface area (TPSA) is 33.2 Å². The van der Waals surface area contributed by atoms with Gasteiger partial charge < -0.3 is 0 Å². The zero-order valence-corrected chi connectivity index (χ0v) is 16.5. The van der Waals surface area contributed by atoms with Crippen LogP contribution in [0.5, 0.6) is 0 Å². The molecule has 3 nitrogen and oxygen atoms in total. The van der Waals surface area contributed by atoms with E-state index in [0.29, 0.717) is 5.75 Å². The molecule has 0 atom stereocenters. The second kappa shape index (κ2) is 7.34. The fraction of sp³-hybridized carbons (Fsp3) is 0.0435. The molecule has 28 heavy (non-hydrogen) atoms. The maximum absolute atomic E-state index is 13.3. The predicted octanol–water partition coefficient (Wildman–Crippen LogP) is 6.16. The number of anilines is 2. The van der Waals surface area contributed by atoms with E-state index in [1.54, 1.807) is 18.0 Å². The summed E-state index contributed by atoms with van der Waals surface area (Å²) in [6, 6.07) is 26.3. The van der Waals surface area contributed by atoms with Crippen molar-refractivity contribution in [2.24, 2.45) is 0 Å². The van der Waals surface area contributed by atoms with Crippen molar-refractivity contribution in [2.75, 3.05) is 10.7 Å². The zero-order chi connectivity index (χ0) is 18.9. The van der Waals surface area contributed by atoms with E-state index in [4.69, 9.17) is 0 Å². The van der Waals surface area contributed by atoms with Crippen LogP contribution >= 0.6 is 23.5 Å². The van der Waals surface area contributed by atoms with Crippen LogP contribution in [0.4, 0.5) is 11.4 Å². The molecule has 0 fully saturated rings. The lowest BCUT2D eigenvalue weighted by molar-refractivity contribution is -0.115. The highest BCUT2D eigenvalue weighted by Gasteiger charge is 2.27. The lowest BCUT2D eigenvalue weighted by atomic mass is 10.2. The third-order valence-electron chi connectivity index (χ3n) is 4.65. The van der Waals surface area contributed by atoms with Gasteiger partial charge in [-0.2, -0.15) is 0 Å². The molecule has 0 radical (unpaired) electrons. The van der Waals surface area contributed by atoms with Crippen LogP contribution < -0.4 is 4.90 Å². The van der Waals surface area contributed by atoms with Gasteiger partial charge >= 0.3 is 0 Å². The highest BCUT2D eigenvalue weighted by atomic mass is 32.2. The molecule has 5 rings (SSSR count). The molecule has 0 saturated carbocycles. The number of nitrogens with zero attached hydrogens (tertiary/aromatic N) is 2. The van der Waals surface area contributed by atoms with Gasteiger partial charge in [0, 0.05) is 21.4 Å². The van der Waals surface area contributed by atoms with Gasteiger partial charge in [0.1, 0.15) is 5.03 Å². The minimum Gasteiger partial charge on any atom is -0.278 e. The van der Waals surface area contributed by atoms with Crippen molar-refractivity contribution in [1.29, 1.82) is 0 Å². The van der Waals surface area contributed by atoms with Gasteiger partial charge in [-0.15, -0.1) is 0 Å². The molecule has 0 spiro atoms. The normalized spacial score (nSPS) is 12.5. The van der Waals surface area contributed by atoms with Crippen molar-refractivity contribution in [3.05, 3.63) is 85.1 Å². The van der Waals surface area contributed by atoms with Crippen LogP contribution in [0, 0.1) is 0 Å². The molecule has 0 saturated heterocycles. The number of fused-ring (bicyclic) bond motifs is 3. The van der Waals surface area contributed by atoms with Crippen molar-refractivity contribution in [3.8, 4) is 0 Å². The third kappa shape index (κ3) is 3.07. The molecule has 136 valence electrons. The number of rotatable bonds is 3. The average molecular weight is 401 g/mol. The quantitative estimate of drug-likeness (QED) is 0.386. The molecule has 1 aliphatic heterocycles. The minimum absolute atomic E-state index is 0.0555. The number of thioether (sulfide) groups is 1. The van der Waals surface area contributed by atoms with Crippen LogP contribution in [0.15, 0.2) is 99.9 Å². The number of aromatic nitrogens is 1. The average Bonchev–Trinajstić information content (AvgIpc) is 2.75. The van der Waals surface area contributed by atoms with Crippen molar-refractivity contribution < 1.29 is 4.79 Å². The van der Waals surface area contributed by atoms with Crippen LogP contribution in [0.1, 0.15) is 0 Å². The first-order valence-corrected chi connectivity index (χ1v) is 10.8. The number of hydrogen-bond donors (Lipinski definition) is 0. The summed E-state index contributed by atoms with van der Waals surface area (Å²) in [5, 5.41) is 3.11. The predicted molar refractivity (Wildman–Crippen MR) is 117 cm³/mol. The molecule has 0 aliphatic carbocycles. The highest BCUT2D eigenvalue weighted by Crippen LogP contribution is 2.48. The molecular weight excluding hydrogens is 384 g/mol. The van der Waals surface area contributed by atoms with Gasteiger partial charge in [-0.1, -0.05) is 72.1 Å². The van der Waals surface area contributed by atoms with Gasteiger partial charge in [0.05, 0.1) is 17.1 Å². The molecule has 0 bridgehead atoms. The summed E-state index contributed by atoms with van der Waals surface area (Å²) >= 11 is 3.20. The van der Waals surface area contributed by atoms with E-state index in [0.717, 1.165) is 37.0 Å². The van der Waals surface area contributed by atoms with Crippen molar-refractivity contribution in [3.63, 3.8) is 0 Å². The molecule has 2 heterocycles. The van der Waals surface area contributed by atoms with Crippen LogP contribution in [0.2, 0.25) is 0 Å². The SMILES string of the molecule is O=C(CSc1nccc2ccccc12)N1c2ccccc2Sc2ccccc21. The molecular formula is C23H16N2OS2. The Morgan fingerprint density at radius 2 is 1.50 bits per heavy atom. The van der Waals surface area contributed by atoms with Gasteiger partial charge in [-0.05, 0) is 35.7 Å². The number of carbonyl (C=O) groups excluding carboxylic acids is 1. The summed E-state index contributed by atoms with van der Waals surface area (Å²) in [5.74, 6) is 0.383. The minimum atomic E-state index is 0.0555. The Bertz CT molecular complexity index is 1140. The van der Waals surface area contributed by atoms with Gasteiger partial charge in [-0.3, -0.25) is 9.69 Å². The van der Waals surface area contributed by atoms with E-state index in [1.807, 2.05) is 59.5 Å². The summed E-state index contributed by atoms with van der Waals surface area (Å²) in [6.07, 6.45) is 1.80. The molecule has 4 aromatic rings. The summed E-state index contributed by atoms with van der Waals surface area (Å²) < 4.78 is 0. The van der Waals surface area contributed by atoms with Crippen LogP contribution in [-0.2, 0) is 4.79 Å². The Morgan fingerprint density at radius 1 is 0.857 bits per heavy atom. The van der Waals surface area contributed by atoms with E-state index in [2.05, 4.69) is 29.2 Å². The molecule has 1 aromatic heterocycles. The number of para-hydroxylation sites is 2. The lowest BCUT2D eigenvalue weighted by Gasteiger charge is -2.31. The first-order valence-electron chi connectivity index (χ1n) is 8.97. The van der Waals surface area contributed by atoms with Gasteiger partial charge in [-0.25, -0.2) is 4.98 Å². The van der Waals surface area contributed by atoms with E-state index in [9.17, 15) is 4.79 Å². The standard InChI is InChI=1S/C23H16N2OS2/c26-22(15-27-23-17-8-2-1-7-16(17)13-14-24-23)25-18-9-3-5-11-20(18)28-21-12-6-4-10-19(21)25/h1-14H,15H2. The maximum Gasteiger partial charge on any atom is 0.242 e. The Labute approximate surface area is 171 Å². The van der Waals surface area contributed by atoms with E-state index >= 15 is 0 Å². The Balaban J connectivity index is 1.47. The second-order valence-corrected chi connectivity index (χ2v) is 8.44. The second-order valence-electron chi connectivity index (χ2n) is 6.39. The molecule has 1 aliphatic rings. The summed E-state index contributed by atoms with van der Waals surface area (Å²) in [6.45, 7) is 0. The summed E-state index contributed by atoms with van der Waals surface area (Å²) in [5.41, 5.74) is 1.89. The third-order valence-corrected chi connectivity index (χ3v) is 6.77. The summed E-state index contributed by atoms with van der Waals surface area (Å²) in [7, 11) is 0. The molecule has 3 aromatic carbocycles. The summed E-state index contributed by atoms with van der Waals surface area (Å²) in [4.78, 5) is 21.8. The number of carbonyl (C=O) groups is 1. The monoisotopic (exact) mass is 400 g/mol. The molecule has 5 heteroatoms. The Hall–Kier alpha value is -2.76. The number of benzene rings is 3. The Morgan fingerprint density at radius 3 is 2.25 bits per heavy atom. The lowest BCUT2D eigenvalue weighted by Crippen LogP contribution is -2.30. The first-order chi connectivity index (χ1) is 13.8. The van der Waals surface area contributed by atoms with Crippen LogP contribution in [0.3, 0.4) is 0 Å². The van der Waals surface area contributed by atoms with E-state index in [1.165, 1.54) is 11.8 Å². The van der Waals surface area contributed by atoms with Gasteiger partial charge in [0.25, 0.3) is 0 Å². The number of amides is 1. The van der Waals surface area contributed by atoms with Crippen LogP contribution in [0.25, 0.3) is 10.8 Å². The maximum atomic E-state index is 13.3. The number of pyridine rings is 1. The first kappa shape index (κ1) is 17.3. The molecule has 0 N–H and O–H groups in total. The van der Waals surface area contributed by atoms with Crippen LogP contribution in [-0.4, -0.2) is 16.6 Å². The van der Waals surface area contributed by atoms with Crippen molar-refractivity contribution in [1.82, 2.24) is 4.98 Å². The zero-order valence-electron chi connectivity index (χ0n) is 14.9. The van der Waals surface area contributed by atoms with E-state index in [-0.39, 0.29) is 5.91 Å². The Kier molecular flexibility index (Phi) is 4.55. The largest absolute Gasteiger partial charge is 0.278 e. The van der Waals surface area contributed by atoms with Gasteiger partial charge in [0.2, 0.25) is 5.91 Å². The number of hydrogen-bond acceptors (Lipinski definition) is 4. The molecule has 1 amide bonds. The van der Waals surface area contributed by atoms with E-state index < -0.39 is 0 Å². The fourth-order valence-electron chi connectivity index (χ4n) is 3.37. The molecule has 0 unspecified atom stereocenters. The highest BCUT2D eigenvalue weighted by molar-refractivity contribution is 8.00. The van der Waals surface area contributed by atoms with Gasteiger partial charge in [0.15, 0.2) is 0 Å².